The van der Waals surface area contributed by atoms with Crippen LogP contribution in [0.25, 0.3) is 10.8 Å². The number of halogens is 4. The van der Waals surface area contributed by atoms with Crippen LogP contribution in [-0.2, 0) is 12.6 Å². The summed E-state index contributed by atoms with van der Waals surface area (Å²) in [7, 11) is 0. The molecular formula is C23H20F4. The first-order valence-corrected chi connectivity index (χ1v) is 9.27. The van der Waals surface area contributed by atoms with E-state index in [9.17, 15) is 17.6 Å². The molecule has 0 unspecified atom stereocenters. The van der Waals surface area contributed by atoms with Gasteiger partial charge in [-0.2, -0.15) is 13.2 Å². The van der Waals surface area contributed by atoms with Crippen LogP contribution in [0.3, 0.4) is 0 Å². The fourth-order valence-corrected chi connectivity index (χ4v) is 4.49. The Morgan fingerprint density at radius 3 is 2.33 bits per heavy atom. The Bertz CT molecular complexity index is 970. The highest BCUT2D eigenvalue weighted by molar-refractivity contribution is 5.88. The van der Waals surface area contributed by atoms with E-state index in [1.165, 1.54) is 6.07 Å². The van der Waals surface area contributed by atoms with Crippen molar-refractivity contribution in [1.29, 1.82) is 0 Å². The monoisotopic (exact) mass is 372 g/mol. The minimum Gasteiger partial charge on any atom is -0.206 e. The van der Waals surface area contributed by atoms with Crippen LogP contribution in [0.2, 0.25) is 0 Å². The molecular weight excluding hydrogens is 352 g/mol. The minimum atomic E-state index is -4.33. The van der Waals surface area contributed by atoms with E-state index in [4.69, 9.17) is 0 Å². The fourth-order valence-electron chi connectivity index (χ4n) is 4.49. The molecule has 27 heavy (non-hydrogen) atoms. The largest absolute Gasteiger partial charge is 0.416 e. The summed E-state index contributed by atoms with van der Waals surface area (Å²) >= 11 is 0. The zero-order valence-corrected chi connectivity index (χ0v) is 15.0. The molecule has 0 amide bonds. The van der Waals surface area contributed by atoms with Crippen LogP contribution in [-0.4, -0.2) is 0 Å². The molecule has 4 rings (SSSR count). The van der Waals surface area contributed by atoms with E-state index < -0.39 is 11.7 Å². The Labute approximate surface area is 155 Å². The Balaban J connectivity index is 1.85. The lowest BCUT2D eigenvalue weighted by Crippen LogP contribution is -2.22. The number of aryl methyl sites for hydroxylation is 1. The Kier molecular flexibility index (Phi) is 4.45. The lowest BCUT2D eigenvalue weighted by molar-refractivity contribution is -0.137. The van der Waals surface area contributed by atoms with Crippen LogP contribution >= 0.6 is 0 Å². The molecule has 0 spiro atoms. The molecule has 2 atom stereocenters. The van der Waals surface area contributed by atoms with Crippen molar-refractivity contribution >= 4 is 10.8 Å². The summed E-state index contributed by atoms with van der Waals surface area (Å²) < 4.78 is 52.9. The molecule has 1 aliphatic rings. The zero-order valence-electron chi connectivity index (χ0n) is 15.0. The average Bonchev–Trinajstić information content (AvgIpc) is 2.66. The van der Waals surface area contributed by atoms with Crippen molar-refractivity contribution in [2.24, 2.45) is 5.92 Å². The van der Waals surface area contributed by atoms with Gasteiger partial charge < -0.3 is 0 Å². The molecule has 0 saturated carbocycles. The molecule has 3 aromatic rings. The third-order valence-electron chi connectivity index (χ3n) is 5.85. The van der Waals surface area contributed by atoms with Gasteiger partial charge >= 0.3 is 6.18 Å². The van der Waals surface area contributed by atoms with Crippen molar-refractivity contribution in [3.05, 3.63) is 82.7 Å². The normalized spacial score (nSPS) is 19.9. The minimum absolute atomic E-state index is 0.0358. The third-order valence-corrected chi connectivity index (χ3v) is 5.85. The standard InChI is InChI=1S/C23H20F4/c1-2-14-8-11-18-17-4-3-5-21(24)19(17)12-13-20(18)22(14)15-6-9-16(10-7-15)23(25,26)27/h3-7,9-10,12-14,22H,2,8,11H2,1H3/t14-,22-/m1/s1. The van der Waals surface area contributed by atoms with Crippen LogP contribution in [0.1, 0.15) is 47.9 Å². The molecule has 0 saturated heterocycles. The molecule has 0 heterocycles. The maximum Gasteiger partial charge on any atom is 0.416 e. The van der Waals surface area contributed by atoms with Crippen molar-refractivity contribution in [1.82, 2.24) is 0 Å². The predicted molar refractivity (Wildman–Crippen MR) is 99.3 cm³/mol. The Morgan fingerprint density at radius 2 is 1.67 bits per heavy atom. The summed E-state index contributed by atoms with van der Waals surface area (Å²) in [5.41, 5.74) is 2.51. The van der Waals surface area contributed by atoms with E-state index >= 15 is 0 Å². The van der Waals surface area contributed by atoms with Gasteiger partial charge in [-0.15, -0.1) is 0 Å². The van der Waals surface area contributed by atoms with Gasteiger partial charge in [0.1, 0.15) is 5.82 Å². The van der Waals surface area contributed by atoms with Gasteiger partial charge in [0.05, 0.1) is 5.56 Å². The molecule has 0 fully saturated rings. The SMILES string of the molecule is CC[C@@H]1CCc2c(ccc3c(F)cccc23)[C@H]1c1ccc(C(F)(F)F)cc1. The molecule has 4 heteroatoms. The van der Waals surface area contributed by atoms with E-state index in [1.54, 1.807) is 24.3 Å². The smallest absolute Gasteiger partial charge is 0.206 e. The molecule has 3 aromatic carbocycles. The van der Waals surface area contributed by atoms with Gasteiger partial charge in [0.15, 0.2) is 0 Å². The molecule has 1 aliphatic carbocycles. The van der Waals surface area contributed by atoms with Gasteiger partial charge in [-0.05, 0) is 59.0 Å². The van der Waals surface area contributed by atoms with Gasteiger partial charge in [-0.3, -0.25) is 0 Å². The second-order valence-corrected chi connectivity index (χ2v) is 7.27. The second kappa shape index (κ2) is 6.66. The van der Waals surface area contributed by atoms with Gasteiger partial charge in [0.25, 0.3) is 0 Å². The number of rotatable bonds is 2. The Morgan fingerprint density at radius 1 is 0.926 bits per heavy atom. The molecule has 0 bridgehead atoms. The summed E-state index contributed by atoms with van der Waals surface area (Å²) in [6.07, 6.45) is -1.57. The zero-order chi connectivity index (χ0) is 19.2. The average molecular weight is 372 g/mol. The quantitative estimate of drug-likeness (QED) is 0.421. The molecule has 0 N–H and O–H groups in total. The first-order valence-electron chi connectivity index (χ1n) is 9.27. The number of fused-ring (bicyclic) bond motifs is 3. The van der Waals surface area contributed by atoms with Gasteiger partial charge in [-0.1, -0.05) is 49.7 Å². The van der Waals surface area contributed by atoms with Crippen molar-refractivity contribution in [2.45, 2.75) is 38.3 Å². The van der Waals surface area contributed by atoms with Crippen molar-refractivity contribution in [2.75, 3.05) is 0 Å². The van der Waals surface area contributed by atoms with Crippen molar-refractivity contribution in [3.63, 3.8) is 0 Å². The maximum atomic E-state index is 14.2. The molecule has 0 aliphatic heterocycles. The molecule has 0 aromatic heterocycles. The van der Waals surface area contributed by atoms with Crippen LogP contribution in [0, 0.1) is 11.7 Å². The highest BCUT2D eigenvalue weighted by Gasteiger charge is 2.33. The first-order chi connectivity index (χ1) is 12.9. The highest BCUT2D eigenvalue weighted by atomic mass is 19.4. The molecule has 0 radical (unpaired) electrons. The maximum absolute atomic E-state index is 14.2. The van der Waals surface area contributed by atoms with Crippen molar-refractivity contribution < 1.29 is 17.6 Å². The second-order valence-electron chi connectivity index (χ2n) is 7.27. The Hall–Kier alpha value is -2.36. The summed E-state index contributed by atoms with van der Waals surface area (Å²) in [6.45, 7) is 2.12. The topological polar surface area (TPSA) is 0 Å². The van der Waals surface area contributed by atoms with E-state index in [1.807, 2.05) is 12.1 Å². The number of benzene rings is 3. The van der Waals surface area contributed by atoms with Crippen molar-refractivity contribution in [3.8, 4) is 0 Å². The summed E-state index contributed by atoms with van der Waals surface area (Å²) in [5, 5.41) is 1.52. The van der Waals surface area contributed by atoms with E-state index in [-0.39, 0.29) is 11.7 Å². The van der Waals surface area contributed by atoms with E-state index in [0.717, 1.165) is 53.5 Å². The van der Waals surface area contributed by atoms with Crippen LogP contribution in [0.4, 0.5) is 17.6 Å². The fraction of sp³-hybridized carbons (Fsp3) is 0.304. The van der Waals surface area contributed by atoms with Gasteiger partial charge in [-0.25, -0.2) is 4.39 Å². The lowest BCUT2D eigenvalue weighted by atomic mass is 9.70. The summed E-state index contributed by atoms with van der Waals surface area (Å²) in [4.78, 5) is 0. The van der Waals surface area contributed by atoms with Crippen LogP contribution in [0.5, 0.6) is 0 Å². The lowest BCUT2D eigenvalue weighted by Gasteiger charge is -2.34. The molecule has 0 nitrogen and oxygen atoms in total. The van der Waals surface area contributed by atoms with Gasteiger partial charge in [0, 0.05) is 11.3 Å². The van der Waals surface area contributed by atoms with Crippen LogP contribution < -0.4 is 0 Å². The van der Waals surface area contributed by atoms with Gasteiger partial charge in [0.2, 0.25) is 0 Å². The molecule has 140 valence electrons. The number of hydrogen-bond donors (Lipinski definition) is 0. The summed E-state index contributed by atoms with van der Waals surface area (Å²) in [5.74, 6) is 0.160. The van der Waals surface area contributed by atoms with Crippen LogP contribution in [0.15, 0.2) is 54.6 Å². The third kappa shape index (κ3) is 3.11. The van der Waals surface area contributed by atoms with E-state index in [2.05, 4.69) is 6.92 Å². The number of alkyl halides is 3. The number of hydrogen-bond acceptors (Lipinski definition) is 0. The predicted octanol–water partition coefficient (Wildman–Crippen LogP) is 7.10. The van der Waals surface area contributed by atoms with E-state index in [0.29, 0.717) is 11.3 Å². The highest BCUT2D eigenvalue weighted by Crippen LogP contribution is 2.45. The summed E-state index contributed by atoms with van der Waals surface area (Å²) in [6, 6.07) is 14.4. The first kappa shape index (κ1) is 18.0.